The number of aliphatic hydroxyl groups is 1. The van der Waals surface area contributed by atoms with Crippen LogP contribution in [-0.2, 0) is 13.0 Å². The Balaban J connectivity index is 1.82. The molecule has 0 amide bonds. The molecule has 6 nitrogen and oxygen atoms in total. The van der Waals surface area contributed by atoms with Crippen LogP contribution >= 0.6 is 0 Å². The lowest BCUT2D eigenvalue weighted by Gasteiger charge is -2.19. The minimum Gasteiger partial charge on any atom is -0.395 e. The van der Waals surface area contributed by atoms with Crippen molar-refractivity contribution in [1.29, 1.82) is 0 Å². The van der Waals surface area contributed by atoms with Crippen molar-refractivity contribution in [1.82, 2.24) is 19.9 Å². The number of aliphatic hydroxyl groups excluding tert-OH is 1. The van der Waals surface area contributed by atoms with Crippen LogP contribution in [0.25, 0.3) is 0 Å². The predicted octanol–water partition coefficient (Wildman–Crippen LogP) is 0.768. The predicted molar refractivity (Wildman–Crippen MR) is 76.3 cm³/mol. The van der Waals surface area contributed by atoms with Gasteiger partial charge in [-0.05, 0) is 25.4 Å². The summed E-state index contributed by atoms with van der Waals surface area (Å²) in [6, 6.07) is 0. The van der Waals surface area contributed by atoms with E-state index in [2.05, 4.69) is 33.8 Å². The van der Waals surface area contributed by atoms with Gasteiger partial charge in [-0.1, -0.05) is 19.0 Å². The molecule has 1 fully saturated rings. The topological polar surface area (TPSA) is 65.6 Å². The molecule has 1 aromatic heterocycles. The molecule has 6 heteroatoms. The first-order chi connectivity index (χ1) is 9.67. The van der Waals surface area contributed by atoms with Gasteiger partial charge in [0, 0.05) is 26.1 Å². The fourth-order valence-electron chi connectivity index (χ4n) is 2.54. The van der Waals surface area contributed by atoms with E-state index in [9.17, 15) is 0 Å². The zero-order valence-corrected chi connectivity index (χ0v) is 12.6. The average Bonchev–Trinajstić information content (AvgIpc) is 2.69. The van der Waals surface area contributed by atoms with Gasteiger partial charge in [-0.2, -0.15) is 4.98 Å². The quantitative estimate of drug-likeness (QED) is 0.831. The summed E-state index contributed by atoms with van der Waals surface area (Å²) >= 11 is 0. The lowest BCUT2D eigenvalue weighted by Crippen LogP contribution is -2.32. The molecular weight excluding hydrogens is 256 g/mol. The summed E-state index contributed by atoms with van der Waals surface area (Å²) in [6.07, 6.45) is 1.99. The maximum absolute atomic E-state index is 9.00. The molecule has 1 saturated heterocycles. The molecule has 0 atom stereocenters. The van der Waals surface area contributed by atoms with Gasteiger partial charge in [-0.3, -0.25) is 9.80 Å². The van der Waals surface area contributed by atoms with Crippen LogP contribution < -0.4 is 0 Å². The fourth-order valence-corrected chi connectivity index (χ4v) is 2.54. The van der Waals surface area contributed by atoms with Crippen molar-refractivity contribution < 1.29 is 9.63 Å². The van der Waals surface area contributed by atoms with Crippen LogP contribution in [0, 0.1) is 5.92 Å². The molecule has 0 radical (unpaired) electrons. The van der Waals surface area contributed by atoms with Crippen LogP contribution in [0.2, 0.25) is 0 Å². The largest absolute Gasteiger partial charge is 0.395 e. The summed E-state index contributed by atoms with van der Waals surface area (Å²) in [7, 11) is 0. The van der Waals surface area contributed by atoms with Gasteiger partial charge >= 0.3 is 0 Å². The number of hydrogen-bond donors (Lipinski definition) is 1. The van der Waals surface area contributed by atoms with Gasteiger partial charge < -0.3 is 9.63 Å². The van der Waals surface area contributed by atoms with Crippen LogP contribution in [0.5, 0.6) is 0 Å². The second kappa shape index (κ2) is 7.71. The second-order valence-corrected chi connectivity index (χ2v) is 5.90. The summed E-state index contributed by atoms with van der Waals surface area (Å²) < 4.78 is 5.33. The smallest absolute Gasteiger partial charge is 0.240 e. The summed E-state index contributed by atoms with van der Waals surface area (Å²) in [4.78, 5) is 9.11. The van der Waals surface area contributed by atoms with E-state index in [0.29, 0.717) is 5.92 Å². The van der Waals surface area contributed by atoms with Crippen LogP contribution in [0.15, 0.2) is 4.52 Å². The van der Waals surface area contributed by atoms with Crippen molar-refractivity contribution in [2.24, 2.45) is 5.92 Å². The first-order valence-corrected chi connectivity index (χ1v) is 7.54. The lowest BCUT2D eigenvalue weighted by molar-refractivity contribution is 0.191. The summed E-state index contributed by atoms with van der Waals surface area (Å²) in [6.45, 7) is 10.1. The third kappa shape index (κ3) is 4.85. The Hall–Kier alpha value is -0.980. The van der Waals surface area contributed by atoms with Crippen LogP contribution in [-0.4, -0.2) is 64.4 Å². The minimum atomic E-state index is 0.238. The zero-order valence-electron chi connectivity index (χ0n) is 12.6. The van der Waals surface area contributed by atoms with Crippen LogP contribution in [0.1, 0.15) is 32.0 Å². The van der Waals surface area contributed by atoms with Gasteiger partial charge in [-0.15, -0.1) is 0 Å². The third-order valence-corrected chi connectivity index (χ3v) is 3.56. The van der Waals surface area contributed by atoms with Gasteiger partial charge in [0.05, 0.1) is 13.2 Å². The molecule has 0 aromatic carbocycles. The molecule has 2 rings (SSSR count). The molecule has 1 aliphatic heterocycles. The van der Waals surface area contributed by atoms with Crippen molar-refractivity contribution in [3.63, 3.8) is 0 Å². The maximum Gasteiger partial charge on any atom is 0.240 e. The number of β-amino-alcohol motifs (C(OH)–C–C–N with tert-alkyl or cyclic N) is 1. The number of rotatable bonds is 6. The standard InChI is InChI=1S/C14H26N4O2/c1-12(2)10-13-15-14(20-16-13)11-18-5-3-4-17(6-7-18)8-9-19/h12,19H,3-11H2,1-2H3. The van der Waals surface area contributed by atoms with E-state index in [-0.39, 0.29) is 6.61 Å². The van der Waals surface area contributed by atoms with Crippen LogP contribution in [0.3, 0.4) is 0 Å². The van der Waals surface area contributed by atoms with E-state index in [1.54, 1.807) is 0 Å². The van der Waals surface area contributed by atoms with Gasteiger partial charge in [-0.25, -0.2) is 0 Å². The first-order valence-electron chi connectivity index (χ1n) is 7.54. The number of nitrogens with zero attached hydrogens (tertiary/aromatic N) is 4. The van der Waals surface area contributed by atoms with Gasteiger partial charge in [0.2, 0.25) is 5.89 Å². The van der Waals surface area contributed by atoms with Crippen molar-refractivity contribution in [3.8, 4) is 0 Å². The lowest BCUT2D eigenvalue weighted by atomic mass is 10.1. The molecule has 0 saturated carbocycles. The Morgan fingerprint density at radius 1 is 1.20 bits per heavy atom. The first kappa shape index (κ1) is 15.4. The highest BCUT2D eigenvalue weighted by Gasteiger charge is 2.17. The highest BCUT2D eigenvalue weighted by molar-refractivity contribution is 4.88. The minimum absolute atomic E-state index is 0.238. The number of hydrogen-bond acceptors (Lipinski definition) is 6. The molecule has 20 heavy (non-hydrogen) atoms. The Morgan fingerprint density at radius 3 is 2.70 bits per heavy atom. The molecule has 1 aliphatic rings. The van der Waals surface area contributed by atoms with Gasteiger partial charge in [0.1, 0.15) is 0 Å². The van der Waals surface area contributed by atoms with E-state index >= 15 is 0 Å². The second-order valence-electron chi connectivity index (χ2n) is 5.90. The van der Waals surface area contributed by atoms with Crippen molar-refractivity contribution >= 4 is 0 Å². The average molecular weight is 282 g/mol. The van der Waals surface area contributed by atoms with Gasteiger partial charge in [0.25, 0.3) is 0 Å². The Kier molecular flexibility index (Phi) is 5.94. The van der Waals surface area contributed by atoms with E-state index in [4.69, 9.17) is 9.63 Å². The molecule has 0 bridgehead atoms. The van der Waals surface area contributed by atoms with Gasteiger partial charge in [0.15, 0.2) is 5.82 Å². The van der Waals surface area contributed by atoms with Crippen molar-refractivity contribution in [2.45, 2.75) is 33.2 Å². The van der Waals surface area contributed by atoms with E-state index < -0.39 is 0 Å². The van der Waals surface area contributed by atoms with E-state index in [1.165, 1.54) is 0 Å². The molecule has 0 unspecified atom stereocenters. The highest BCUT2D eigenvalue weighted by Crippen LogP contribution is 2.09. The summed E-state index contributed by atoms with van der Waals surface area (Å²) in [5.74, 6) is 2.08. The summed E-state index contributed by atoms with van der Waals surface area (Å²) in [5.41, 5.74) is 0. The molecule has 1 N–H and O–H groups in total. The Bertz CT molecular complexity index is 394. The maximum atomic E-state index is 9.00. The molecule has 114 valence electrons. The summed E-state index contributed by atoms with van der Waals surface area (Å²) in [5, 5.41) is 13.0. The Labute approximate surface area is 120 Å². The highest BCUT2D eigenvalue weighted by atomic mass is 16.5. The monoisotopic (exact) mass is 282 g/mol. The molecular formula is C14H26N4O2. The molecule has 1 aromatic rings. The van der Waals surface area contributed by atoms with E-state index in [0.717, 1.165) is 63.8 Å². The molecule has 2 heterocycles. The zero-order chi connectivity index (χ0) is 14.4. The van der Waals surface area contributed by atoms with Crippen molar-refractivity contribution in [2.75, 3.05) is 39.3 Å². The van der Waals surface area contributed by atoms with E-state index in [1.807, 2.05) is 0 Å². The molecule has 0 spiro atoms. The fraction of sp³-hybridized carbons (Fsp3) is 0.857. The number of aromatic nitrogens is 2. The molecule has 0 aliphatic carbocycles. The normalized spacial score (nSPS) is 18.6. The van der Waals surface area contributed by atoms with Crippen molar-refractivity contribution in [3.05, 3.63) is 11.7 Å². The third-order valence-electron chi connectivity index (χ3n) is 3.56. The Morgan fingerprint density at radius 2 is 1.95 bits per heavy atom. The van der Waals surface area contributed by atoms with Crippen LogP contribution in [0.4, 0.5) is 0 Å². The SMILES string of the molecule is CC(C)Cc1noc(CN2CCCN(CCO)CC2)n1.